The van der Waals surface area contributed by atoms with Gasteiger partial charge in [-0.05, 0) is 33.6 Å². The molecule has 0 aromatic carbocycles. The van der Waals surface area contributed by atoms with Crippen LogP contribution in [-0.4, -0.2) is 22.9 Å². The second kappa shape index (κ2) is 4.83. The molecule has 0 bridgehead atoms. The molecule has 0 spiro atoms. The molecule has 0 radical (unpaired) electrons. The van der Waals surface area contributed by atoms with Gasteiger partial charge >= 0.3 is 0 Å². The molecule has 1 N–H and O–H groups in total. The zero-order valence-corrected chi connectivity index (χ0v) is 8.92. The first-order valence-electron chi connectivity index (χ1n) is 4.78. The van der Waals surface area contributed by atoms with E-state index < -0.39 is 0 Å². The van der Waals surface area contributed by atoms with Crippen LogP contribution in [0, 0.1) is 0 Å². The second-order valence-corrected chi connectivity index (χ2v) is 3.91. The summed E-state index contributed by atoms with van der Waals surface area (Å²) in [4.78, 5) is 0. The molecule has 0 aliphatic rings. The maximum absolute atomic E-state index is 9.46. The van der Waals surface area contributed by atoms with Gasteiger partial charge in [0, 0.05) is 0 Å². The predicted molar refractivity (Wildman–Crippen MR) is 51.2 cm³/mol. The van der Waals surface area contributed by atoms with Crippen molar-refractivity contribution in [1.82, 2.24) is 0 Å². The van der Waals surface area contributed by atoms with Crippen LogP contribution < -0.4 is 0 Å². The normalized spacial score (nSPS) is 17.5. The Bertz CT molecular complexity index is 121. The molecule has 2 unspecified atom stereocenters. The van der Waals surface area contributed by atoms with Crippen LogP contribution in [0.4, 0.5) is 0 Å². The van der Waals surface area contributed by atoms with Crippen molar-refractivity contribution >= 4 is 0 Å². The maximum Gasteiger partial charge on any atom is 0.0813 e. The summed E-state index contributed by atoms with van der Waals surface area (Å²) in [6, 6.07) is 0. The number of hydrogen-bond donors (Lipinski definition) is 1. The molecule has 2 atom stereocenters. The summed E-state index contributed by atoms with van der Waals surface area (Å²) in [5.41, 5.74) is -0.116. The third kappa shape index (κ3) is 4.07. The van der Waals surface area contributed by atoms with Crippen LogP contribution in [0.25, 0.3) is 0 Å². The van der Waals surface area contributed by atoms with E-state index >= 15 is 0 Å². The van der Waals surface area contributed by atoms with Crippen LogP contribution in [-0.2, 0) is 4.74 Å². The number of hydrogen-bond acceptors (Lipinski definition) is 2. The van der Waals surface area contributed by atoms with Gasteiger partial charge in [0.2, 0.25) is 0 Å². The average Bonchev–Trinajstić information content (AvgIpc) is 2.02. The molecule has 0 aromatic heterocycles. The summed E-state index contributed by atoms with van der Waals surface area (Å²) >= 11 is 0. The van der Waals surface area contributed by atoms with Crippen molar-refractivity contribution in [1.29, 1.82) is 0 Å². The van der Waals surface area contributed by atoms with E-state index in [9.17, 15) is 5.11 Å². The van der Waals surface area contributed by atoms with Crippen molar-refractivity contribution < 1.29 is 9.84 Å². The van der Waals surface area contributed by atoms with Gasteiger partial charge in [0.25, 0.3) is 0 Å². The summed E-state index contributed by atoms with van der Waals surface area (Å²) in [5, 5.41) is 9.46. The van der Waals surface area contributed by atoms with Crippen molar-refractivity contribution in [3.05, 3.63) is 0 Å². The van der Waals surface area contributed by atoms with Crippen LogP contribution in [0.1, 0.15) is 47.5 Å². The van der Waals surface area contributed by atoms with E-state index in [0.29, 0.717) is 0 Å². The molecule has 0 saturated carbocycles. The molecule has 0 heterocycles. The average molecular weight is 174 g/mol. The summed E-state index contributed by atoms with van der Waals surface area (Å²) in [5.74, 6) is 0. The smallest absolute Gasteiger partial charge is 0.0813 e. The Balaban J connectivity index is 3.90. The minimum Gasteiger partial charge on any atom is -0.390 e. The third-order valence-electron chi connectivity index (χ3n) is 2.32. The maximum atomic E-state index is 9.46. The van der Waals surface area contributed by atoms with E-state index in [1.165, 1.54) is 0 Å². The van der Waals surface area contributed by atoms with Crippen LogP contribution in [0.3, 0.4) is 0 Å². The minimum atomic E-state index is -0.337. The van der Waals surface area contributed by atoms with Crippen LogP contribution >= 0.6 is 0 Å². The Labute approximate surface area is 75.9 Å². The Hall–Kier alpha value is -0.0800. The Morgan fingerprint density at radius 3 is 2.17 bits per heavy atom. The first-order valence-corrected chi connectivity index (χ1v) is 4.78. The fraction of sp³-hybridized carbons (Fsp3) is 1.00. The van der Waals surface area contributed by atoms with Crippen molar-refractivity contribution in [3.63, 3.8) is 0 Å². The van der Waals surface area contributed by atoms with Crippen molar-refractivity contribution in [3.8, 4) is 0 Å². The molecule has 0 fully saturated rings. The molecule has 74 valence electrons. The summed E-state index contributed by atoms with van der Waals surface area (Å²) < 4.78 is 5.69. The lowest BCUT2D eigenvalue weighted by Gasteiger charge is -2.30. The van der Waals surface area contributed by atoms with E-state index in [2.05, 4.69) is 6.92 Å². The van der Waals surface area contributed by atoms with Gasteiger partial charge in [0.15, 0.2) is 0 Å². The topological polar surface area (TPSA) is 29.5 Å². The second-order valence-electron chi connectivity index (χ2n) is 3.91. The third-order valence-corrected chi connectivity index (χ3v) is 2.32. The highest BCUT2D eigenvalue weighted by molar-refractivity contribution is 4.71. The molecule has 0 rings (SSSR count). The molecular weight excluding hydrogens is 152 g/mol. The lowest BCUT2D eigenvalue weighted by molar-refractivity contribution is -0.112. The van der Waals surface area contributed by atoms with E-state index in [0.717, 1.165) is 12.8 Å². The molecular formula is C10H22O2. The highest BCUT2D eigenvalue weighted by Crippen LogP contribution is 2.18. The fourth-order valence-electron chi connectivity index (χ4n) is 0.997. The minimum absolute atomic E-state index is 0.0649. The first-order chi connectivity index (χ1) is 5.43. The van der Waals surface area contributed by atoms with E-state index in [4.69, 9.17) is 4.74 Å². The van der Waals surface area contributed by atoms with Gasteiger partial charge in [-0.2, -0.15) is 0 Å². The van der Waals surface area contributed by atoms with Crippen molar-refractivity contribution in [2.45, 2.75) is 65.3 Å². The van der Waals surface area contributed by atoms with Crippen molar-refractivity contribution in [2.75, 3.05) is 0 Å². The molecule has 0 aliphatic carbocycles. The van der Waals surface area contributed by atoms with Crippen LogP contribution in [0.15, 0.2) is 0 Å². The summed E-state index contributed by atoms with van der Waals surface area (Å²) in [6.07, 6.45) is 1.31. The zero-order valence-electron chi connectivity index (χ0n) is 8.92. The largest absolute Gasteiger partial charge is 0.390 e. The number of aliphatic hydroxyl groups excluding tert-OH is 1. The van der Waals surface area contributed by atoms with E-state index in [-0.39, 0.29) is 17.8 Å². The highest BCUT2D eigenvalue weighted by atomic mass is 16.5. The number of ether oxygens (including phenoxy) is 1. The number of aliphatic hydroxyl groups is 1. The van der Waals surface area contributed by atoms with Crippen LogP contribution in [0.5, 0.6) is 0 Å². The molecule has 0 aliphatic heterocycles. The zero-order chi connectivity index (χ0) is 9.78. The van der Waals surface area contributed by atoms with Gasteiger partial charge in [-0.1, -0.05) is 13.8 Å². The van der Waals surface area contributed by atoms with Gasteiger partial charge in [0.05, 0.1) is 17.8 Å². The summed E-state index contributed by atoms with van der Waals surface area (Å²) in [7, 11) is 0. The first kappa shape index (κ1) is 11.9. The molecule has 0 aromatic rings. The Morgan fingerprint density at radius 2 is 1.83 bits per heavy atom. The monoisotopic (exact) mass is 174 g/mol. The van der Waals surface area contributed by atoms with Gasteiger partial charge < -0.3 is 9.84 Å². The lowest BCUT2D eigenvalue weighted by Crippen LogP contribution is -2.35. The van der Waals surface area contributed by atoms with E-state index in [1.807, 2.05) is 27.7 Å². The fourth-order valence-corrected chi connectivity index (χ4v) is 0.997. The van der Waals surface area contributed by atoms with E-state index in [1.54, 1.807) is 0 Å². The lowest BCUT2D eigenvalue weighted by atomic mass is 10.1. The van der Waals surface area contributed by atoms with Gasteiger partial charge in [-0.15, -0.1) is 0 Å². The molecule has 0 amide bonds. The summed E-state index contributed by atoms with van der Waals surface area (Å²) in [6.45, 7) is 10.1. The highest BCUT2D eigenvalue weighted by Gasteiger charge is 2.22. The van der Waals surface area contributed by atoms with Gasteiger partial charge in [0.1, 0.15) is 0 Å². The van der Waals surface area contributed by atoms with Gasteiger partial charge in [-0.25, -0.2) is 0 Å². The number of rotatable bonds is 5. The predicted octanol–water partition coefficient (Wildman–Crippen LogP) is 2.35. The van der Waals surface area contributed by atoms with Gasteiger partial charge in [-0.3, -0.25) is 0 Å². The van der Waals surface area contributed by atoms with Crippen LogP contribution in [0.2, 0.25) is 0 Å². The van der Waals surface area contributed by atoms with Crippen molar-refractivity contribution in [2.24, 2.45) is 0 Å². The molecule has 2 nitrogen and oxygen atoms in total. The molecule has 2 heteroatoms. The standard InChI is InChI=1S/C10H22O2/c1-6-9(11)8(3)12-10(4,5)7-2/h8-9,11H,6-7H2,1-5H3. The quantitative estimate of drug-likeness (QED) is 0.693. The Morgan fingerprint density at radius 1 is 1.33 bits per heavy atom. The molecule has 12 heavy (non-hydrogen) atoms. The molecule has 0 saturated heterocycles. The Kier molecular flexibility index (Phi) is 4.80. The SMILES string of the molecule is CCC(O)C(C)OC(C)(C)CC.